The normalized spacial score (nSPS) is 15.2. The van der Waals surface area contributed by atoms with Crippen LogP contribution in [0, 0.1) is 0 Å². The molecule has 1 aliphatic rings. The van der Waals surface area contributed by atoms with Crippen molar-refractivity contribution in [2.24, 2.45) is 0 Å². The van der Waals surface area contributed by atoms with Crippen LogP contribution < -0.4 is 14.2 Å². The molecule has 1 aliphatic heterocycles. The first-order chi connectivity index (χ1) is 9.10. The molecule has 0 spiro atoms. The number of benzene rings is 1. The van der Waals surface area contributed by atoms with Gasteiger partial charge in [-0.3, -0.25) is 0 Å². The third-order valence-electron chi connectivity index (χ3n) is 2.68. The van der Waals surface area contributed by atoms with Crippen LogP contribution in [-0.2, 0) is 10.1 Å². The van der Waals surface area contributed by atoms with Gasteiger partial charge in [0, 0.05) is 12.3 Å². The zero-order valence-corrected chi connectivity index (χ0v) is 10.8. The van der Waals surface area contributed by atoms with Crippen LogP contribution in [0.5, 0.6) is 11.5 Å². The van der Waals surface area contributed by atoms with Crippen molar-refractivity contribution in [2.75, 3.05) is 12.4 Å². The summed E-state index contributed by atoms with van der Waals surface area (Å²) in [5.74, 6) is 1.03. The molecule has 98 valence electrons. The van der Waals surface area contributed by atoms with Crippen LogP contribution in [0.15, 0.2) is 41.4 Å². The van der Waals surface area contributed by atoms with Gasteiger partial charge in [-0.2, -0.15) is 8.42 Å². The number of aromatic nitrogens is 1. The molecule has 0 bridgehead atoms. The Morgan fingerprint density at radius 3 is 2.95 bits per heavy atom. The van der Waals surface area contributed by atoms with Gasteiger partial charge in [-0.15, -0.1) is 0 Å². The molecule has 1 N–H and O–H groups in total. The highest BCUT2D eigenvalue weighted by Gasteiger charge is 2.27. The second kappa shape index (κ2) is 4.13. The van der Waals surface area contributed by atoms with Gasteiger partial charge in [-0.25, -0.2) is 4.98 Å². The first-order valence-electron chi connectivity index (χ1n) is 5.45. The second-order valence-corrected chi connectivity index (χ2v) is 5.39. The number of pyridine rings is 1. The summed E-state index contributed by atoms with van der Waals surface area (Å²) in [6, 6.07) is 7.78. The van der Waals surface area contributed by atoms with E-state index < -0.39 is 10.1 Å². The summed E-state index contributed by atoms with van der Waals surface area (Å²) >= 11 is 0. The summed E-state index contributed by atoms with van der Waals surface area (Å²) in [6.45, 7) is 0. The Hall–Kier alpha value is -2.28. The van der Waals surface area contributed by atoms with Crippen molar-refractivity contribution in [3.8, 4) is 11.5 Å². The van der Waals surface area contributed by atoms with E-state index in [1.165, 1.54) is 31.5 Å². The van der Waals surface area contributed by atoms with Crippen molar-refractivity contribution in [2.45, 2.75) is 4.90 Å². The molecular formula is C12H10N2O4S. The highest BCUT2D eigenvalue weighted by molar-refractivity contribution is 7.87. The Kier molecular flexibility index (Phi) is 2.56. The van der Waals surface area contributed by atoms with Crippen molar-refractivity contribution in [1.29, 1.82) is 0 Å². The maximum Gasteiger partial charge on any atom is 0.343 e. The molecule has 1 aromatic heterocycles. The van der Waals surface area contributed by atoms with Gasteiger partial charge in [-0.05, 0) is 24.3 Å². The van der Waals surface area contributed by atoms with E-state index in [1.54, 1.807) is 12.1 Å². The molecule has 19 heavy (non-hydrogen) atoms. The molecule has 0 saturated heterocycles. The fraction of sp³-hybridized carbons (Fsp3) is 0.0833. The van der Waals surface area contributed by atoms with Crippen LogP contribution in [0.1, 0.15) is 0 Å². The lowest BCUT2D eigenvalue weighted by atomic mass is 10.2. The Balaban J connectivity index is 2.22. The van der Waals surface area contributed by atoms with Gasteiger partial charge in [0.25, 0.3) is 0 Å². The quantitative estimate of drug-likeness (QED) is 0.803. The van der Waals surface area contributed by atoms with E-state index in [9.17, 15) is 8.42 Å². The minimum absolute atomic E-state index is 0.00478. The predicted octanol–water partition coefficient (Wildman–Crippen LogP) is 1.91. The van der Waals surface area contributed by atoms with E-state index in [2.05, 4.69) is 10.3 Å². The van der Waals surface area contributed by atoms with E-state index in [-0.39, 0.29) is 16.5 Å². The molecule has 7 heteroatoms. The Morgan fingerprint density at radius 1 is 1.32 bits per heavy atom. The summed E-state index contributed by atoms with van der Waals surface area (Å²) in [6.07, 6.45) is 1.51. The molecule has 1 aromatic carbocycles. The molecule has 0 unspecified atom stereocenters. The lowest BCUT2D eigenvalue weighted by Gasteiger charge is -2.08. The maximum atomic E-state index is 12.1. The number of ether oxygens (including phenoxy) is 1. The third-order valence-corrected chi connectivity index (χ3v) is 3.95. The van der Waals surface area contributed by atoms with Crippen molar-refractivity contribution in [3.05, 3.63) is 36.5 Å². The minimum atomic E-state index is -3.88. The number of anilines is 2. The molecule has 0 radical (unpaired) electrons. The molecule has 6 nitrogen and oxygen atoms in total. The highest BCUT2D eigenvalue weighted by atomic mass is 32.2. The van der Waals surface area contributed by atoms with E-state index in [1.807, 2.05) is 0 Å². The Bertz CT molecular complexity index is 743. The molecule has 2 aromatic rings. The number of hydrogen-bond acceptors (Lipinski definition) is 6. The lowest BCUT2D eigenvalue weighted by Crippen LogP contribution is -2.09. The second-order valence-electron chi connectivity index (χ2n) is 3.87. The summed E-state index contributed by atoms with van der Waals surface area (Å²) in [7, 11) is -2.35. The average Bonchev–Trinajstić information content (AvgIpc) is 2.51. The van der Waals surface area contributed by atoms with Crippen LogP contribution in [0.4, 0.5) is 11.5 Å². The minimum Gasteiger partial charge on any atom is -0.497 e. The average molecular weight is 278 g/mol. The maximum absolute atomic E-state index is 12.1. The largest absolute Gasteiger partial charge is 0.497 e. The van der Waals surface area contributed by atoms with E-state index in [0.29, 0.717) is 11.4 Å². The van der Waals surface area contributed by atoms with Crippen LogP contribution in [0.3, 0.4) is 0 Å². The van der Waals surface area contributed by atoms with Gasteiger partial charge < -0.3 is 14.2 Å². The summed E-state index contributed by atoms with van der Waals surface area (Å²) in [5, 5.41) is 2.94. The molecule has 0 atom stereocenters. The molecule has 0 saturated carbocycles. The number of hydrogen-bond donors (Lipinski definition) is 1. The van der Waals surface area contributed by atoms with Crippen molar-refractivity contribution < 1.29 is 17.3 Å². The Morgan fingerprint density at radius 2 is 2.16 bits per heavy atom. The van der Waals surface area contributed by atoms with Crippen LogP contribution in [0.2, 0.25) is 0 Å². The number of nitrogens with zero attached hydrogens (tertiary/aromatic N) is 1. The zero-order valence-electron chi connectivity index (χ0n) is 9.95. The summed E-state index contributed by atoms with van der Waals surface area (Å²) in [4.78, 5) is 4.02. The predicted molar refractivity (Wildman–Crippen MR) is 68.3 cm³/mol. The monoisotopic (exact) mass is 278 g/mol. The van der Waals surface area contributed by atoms with Crippen molar-refractivity contribution in [1.82, 2.24) is 4.98 Å². The van der Waals surface area contributed by atoms with Gasteiger partial charge in [0.2, 0.25) is 0 Å². The molecule has 0 fully saturated rings. The van der Waals surface area contributed by atoms with Gasteiger partial charge in [0.05, 0.1) is 12.8 Å². The first-order valence-corrected chi connectivity index (χ1v) is 6.85. The SMILES string of the molecule is COc1ccc2c(c1)Nc1ncccc1S(=O)(=O)O2. The first kappa shape index (κ1) is 11.8. The number of fused-ring (bicyclic) bond motifs is 2. The highest BCUT2D eigenvalue weighted by Crippen LogP contribution is 2.37. The van der Waals surface area contributed by atoms with E-state index in [0.717, 1.165) is 0 Å². The Labute approximate surface area is 110 Å². The summed E-state index contributed by atoms with van der Waals surface area (Å²) < 4.78 is 34.3. The third kappa shape index (κ3) is 1.97. The van der Waals surface area contributed by atoms with Crippen molar-refractivity contribution >= 4 is 21.6 Å². The van der Waals surface area contributed by atoms with Gasteiger partial charge in [0.15, 0.2) is 11.6 Å². The number of methoxy groups -OCH3 is 1. The number of rotatable bonds is 1. The molecule has 0 aliphatic carbocycles. The van der Waals surface area contributed by atoms with Gasteiger partial charge in [-0.1, -0.05) is 0 Å². The molecule has 3 rings (SSSR count). The fourth-order valence-electron chi connectivity index (χ4n) is 1.78. The summed E-state index contributed by atoms with van der Waals surface area (Å²) in [5.41, 5.74) is 0.486. The van der Waals surface area contributed by atoms with Gasteiger partial charge in [0.1, 0.15) is 10.6 Å². The molecule has 2 heterocycles. The lowest BCUT2D eigenvalue weighted by molar-refractivity contribution is 0.414. The topological polar surface area (TPSA) is 77.5 Å². The zero-order chi connectivity index (χ0) is 13.5. The fourth-order valence-corrected chi connectivity index (χ4v) is 2.84. The van der Waals surface area contributed by atoms with Crippen LogP contribution in [0.25, 0.3) is 0 Å². The smallest absolute Gasteiger partial charge is 0.343 e. The van der Waals surface area contributed by atoms with Gasteiger partial charge >= 0.3 is 10.1 Å². The number of nitrogens with one attached hydrogen (secondary N) is 1. The standard InChI is InChI=1S/C12H10N2O4S/c1-17-8-4-5-10-9(7-8)14-12-11(3-2-6-13-12)19(15,16)18-10/h2-7H,1H3,(H,13,14). The van der Waals surface area contributed by atoms with E-state index in [4.69, 9.17) is 8.92 Å². The van der Waals surface area contributed by atoms with Crippen LogP contribution >= 0.6 is 0 Å². The molecular weight excluding hydrogens is 268 g/mol. The van der Waals surface area contributed by atoms with Crippen LogP contribution in [-0.4, -0.2) is 20.5 Å². The van der Waals surface area contributed by atoms with Crippen molar-refractivity contribution in [3.63, 3.8) is 0 Å². The van der Waals surface area contributed by atoms with E-state index >= 15 is 0 Å². The molecule has 0 amide bonds.